The van der Waals surface area contributed by atoms with Crippen LogP contribution in [0.5, 0.6) is 0 Å². The standard InChI is InChI=1S/C14H11N7O2/c1-20-7-21-10(14(20)23)3-2-8(13(21)22)19-12-11-9(16-6-18-12)4-15-5-17-11/h2-6H,7H2,1H3,(H,16,18,19). The molecule has 0 bridgehead atoms. The number of carbonyl (C=O) groups is 1. The van der Waals surface area contributed by atoms with Gasteiger partial charge in [0, 0.05) is 7.05 Å². The molecule has 1 amide bonds. The van der Waals surface area contributed by atoms with Crippen molar-refractivity contribution in [2.75, 3.05) is 12.4 Å². The van der Waals surface area contributed by atoms with Crippen LogP contribution < -0.4 is 10.9 Å². The smallest absolute Gasteiger partial charge is 0.276 e. The minimum Gasteiger partial charge on any atom is -0.334 e. The van der Waals surface area contributed by atoms with Crippen molar-refractivity contribution in [2.24, 2.45) is 0 Å². The largest absolute Gasteiger partial charge is 0.334 e. The third-order valence-electron chi connectivity index (χ3n) is 3.65. The number of carbonyl (C=O) groups excluding carboxylic acids is 1. The zero-order valence-electron chi connectivity index (χ0n) is 12.1. The molecule has 1 N–H and O–H groups in total. The second-order valence-electron chi connectivity index (χ2n) is 5.11. The third-order valence-corrected chi connectivity index (χ3v) is 3.65. The lowest BCUT2D eigenvalue weighted by Crippen LogP contribution is -2.24. The van der Waals surface area contributed by atoms with Gasteiger partial charge in [-0.05, 0) is 12.1 Å². The van der Waals surface area contributed by atoms with Gasteiger partial charge in [-0.2, -0.15) is 0 Å². The number of amides is 1. The number of aromatic nitrogens is 5. The Morgan fingerprint density at radius 2 is 2.00 bits per heavy atom. The number of rotatable bonds is 2. The van der Waals surface area contributed by atoms with Gasteiger partial charge in [0.15, 0.2) is 5.82 Å². The Kier molecular flexibility index (Phi) is 2.80. The summed E-state index contributed by atoms with van der Waals surface area (Å²) in [4.78, 5) is 42.2. The lowest BCUT2D eigenvalue weighted by Gasteiger charge is -2.08. The average molecular weight is 309 g/mol. The second kappa shape index (κ2) is 4.83. The van der Waals surface area contributed by atoms with E-state index < -0.39 is 0 Å². The quantitative estimate of drug-likeness (QED) is 0.728. The summed E-state index contributed by atoms with van der Waals surface area (Å²) >= 11 is 0. The van der Waals surface area contributed by atoms with E-state index in [9.17, 15) is 9.59 Å². The minimum absolute atomic E-state index is 0.172. The van der Waals surface area contributed by atoms with Crippen LogP contribution in [-0.2, 0) is 6.67 Å². The highest BCUT2D eigenvalue weighted by molar-refractivity contribution is 5.94. The van der Waals surface area contributed by atoms with E-state index in [-0.39, 0.29) is 18.1 Å². The van der Waals surface area contributed by atoms with Gasteiger partial charge in [-0.25, -0.2) is 19.9 Å². The first-order chi connectivity index (χ1) is 11.1. The summed E-state index contributed by atoms with van der Waals surface area (Å²) in [5, 5.41) is 2.97. The van der Waals surface area contributed by atoms with Gasteiger partial charge in [-0.15, -0.1) is 0 Å². The van der Waals surface area contributed by atoms with E-state index >= 15 is 0 Å². The molecule has 23 heavy (non-hydrogen) atoms. The topological polar surface area (TPSA) is 106 Å². The molecule has 0 saturated carbocycles. The van der Waals surface area contributed by atoms with Crippen LogP contribution in [0.3, 0.4) is 0 Å². The van der Waals surface area contributed by atoms with Gasteiger partial charge in [-0.1, -0.05) is 0 Å². The molecule has 0 atom stereocenters. The van der Waals surface area contributed by atoms with E-state index in [1.165, 1.54) is 22.1 Å². The number of fused-ring (bicyclic) bond motifs is 2. The van der Waals surface area contributed by atoms with Gasteiger partial charge in [0.05, 0.1) is 6.20 Å². The number of hydrogen-bond donors (Lipinski definition) is 1. The van der Waals surface area contributed by atoms with Crippen molar-refractivity contribution in [2.45, 2.75) is 6.67 Å². The van der Waals surface area contributed by atoms with Crippen LogP contribution >= 0.6 is 0 Å². The second-order valence-corrected chi connectivity index (χ2v) is 5.11. The van der Waals surface area contributed by atoms with Gasteiger partial charge in [0.25, 0.3) is 11.5 Å². The van der Waals surface area contributed by atoms with Crippen molar-refractivity contribution >= 4 is 28.4 Å². The Balaban J connectivity index is 1.80. The molecule has 0 unspecified atom stereocenters. The number of pyridine rings is 1. The number of hydrogen-bond acceptors (Lipinski definition) is 7. The maximum Gasteiger partial charge on any atom is 0.276 e. The summed E-state index contributed by atoms with van der Waals surface area (Å²) < 4.78 is 1.42. The average Bonchev–Trinajstić information content (AvgIpc) is 2.86. The Morgan fingerprint density at radius 3 is 2.87 bits per heavy atom. The summed E-state index contributed by atoms with van der Waals surface area (Å²) in [5.41, 5.74) is 1.48. The molecule has 4 heterocycles. The molecule has 0 fully saturated rings. The van der Waals surface area contributed by atoms with Crippen LogP contribution in [0.25, 0.3) is 11.0 Å². The van der Waals surface area contributed by atoms with Crippen LogP contribution in [0, 0.1) is 0 Å². The fourth-order valence-electron chi connectivity index (χ4n) is 2.50. The molecule has 4 rings (SSSR count). The Bertz CT molecular complexity index is 993. The summed E-state index contributed by atoms with van der Waals surface area (Å²) in [6.45, 7) is 0.231. The summed E-state index contributed by atoms with van der Waals surface area (Å²) in [6, 6.07) is 3.19. The molecule has 9 nitrogen and oxygen atoms in total. The monoisotopic (exact) mass is 309 g/mol. The Labute approximate surface area is 129 Å². The molecule has 9 heteroatoms. The Morgan fingerprint density at radius 1 is 1.13 bits per heavy atom. The van der Waals surface area contributed by atoms with Gasteiger partial charge in [-0.3, -0.25) is 14.2 Å². The maximum atomic E-state index is 12.5. The molecular formula is C14H11N7O2. The fraction of sp³-hybridized carbons (Fsp3) is 0.143. The zero-order valence-corrected chi connectivity index (χ0v) is 12.1. The molecule has 1 aliphatic heterocycles. The van der Waals surface area contributed by atoms with Gasteiger partial charge in [0.1, 0.15) is 41.7 Å². The lowest BCUT2D eigenvalue weighted by atomic mass is 10.3. The molecule has 0 spiro atoms. The first-order valence-electron chi connectivity index (χ1n) is 6.82. The number of anilines is 2. The van der Waals surface area contributed by atoms with Crippen molar-refractivity contribution in [3.63, 3.8) is 0 Å². The molecule has 0 aromatic carbocycles. The highest BCUT2D eigenvalue weighted by Crippen LogP contribution is 2.20. The molecule has 1 aliphatic rings. The van der Waals surface area contributed by atoms with Crippen molar-refractivity contribution in [1.29, 1.82) is 0 Å². The SMILES string of the molecule is CN1Cn2c(ccc(Nc3ncnc4cncnc34)c2=O)C1=O. The van der Waals surface area contributed by atoms with Gasteiger partial charge < -0.3 is 10.2 Å². The van der Waals surface area contributed by atoms with Crippen molar-refractivity contribution in [3.8, 4) is 0 Å². The number of nitrogens with zero attached hydrogens (tertiary/aromatic N) is 6. The molecule has 3 aromatic heterocycles. The molecule has 3 aromatic rings. The van der Waals surface area contributed by atoms with Gasteiger partial charge >= 0.3 is 0 Å². The van der Waals surface area contributed by atoms with Crippen LogP contribution in [0.2, 0.25) is 0 Å². The lowest BCUT2D eigenvalue weighted by molar-refractivity contribution is 0.0811. The first-order valence-corrected chi connectivity index (χ1v) is 6.82. The highest BCUT2D eigenvalue weighted by Gasteiger charge is 2.26. The van der Waals surface area contributed by atoms with E-state index in [1.54, 1.807) is 25.4 Å². The predicted molar refractivity (Wildman–Crippen MR) is 81.2 cm³/mol. The van der Waals surface area contributed by atoms with E-state index in [4.69, 9.17) is 0 Å². The third kappa shape index (κ3) is 2.01. The van der Waals surface area contributed by atoms with Crippen LogP contribution in [0.1, 0.15) is 10.5 Å². The van der Waals surface area contributed by atoms with Crippen molar-refractivity contribution in [1.82, 2.24) is 29.4 Å². The fourth-order valence-corrected chi connectivity index (χ4v) is 2.50. The van der Waals surface area contributed by atoms with E-state index in [2.05, 4.69) is 25.3 Å². The van der Waals surface area contributed by atoms with E-state index in [0.717, 1.165) is 0 Å². The zero-order chi connectivity index (χ0) is 16.0. The minimum atomic E-state index is -0.291. The normalized spacial score (nSPS) is 13.4. The van der Waals surface area contributed by atoms with Crippen LogP contribution in [0.15, 0.2) is 35.8 Å². The molecular weight excluding hydrogens is 298 g/mol. The maximum absolute atomic E-state index is 12.5. The van der Waals surface area contributed by atoms with E-state index in [1.807, 2.05) is 0 Å². The molecule has 0 aliphatic carbocycles. The van der Waals surface area contributed by atoms with Crippen molar-refractivity contribution < 1.29 is 4.79 Å². The number of nitrogens with one attached hydrogen (secondary N) is 1. The molecule has 114 valence electrons. The molecule has 0 saturated heterocycles. The first kappa shape index (κ1) is 13.3. The highest BCUT2D eigenvalue weighted by atomic mass is 16.2. The van der Waals surface area contributed by atoms with Gasteiger partial charge in [0.2, 0.25) is 0 Å². The van der Waals surface area contributed by atoms with Crippen LogP contribution in [-0.4, -0.2) is 42.4 Å². The molecule has 0 radical (unpaired) electrons. The van der Waals surface area contributed by atoms with Crippen LogP contribution in [0.4, 0.5) is 11.5 Å². The summed E-state index contributed by atoms with van der Waals surface area (Å²) in [7, 11) is 1.65. The summed E-state index contributed by atoms with van der Waals surface area (Å²) in [5.74, 6) is 0.238. The van der Waals surface area contributed by atoms with Crippen molar-refractivity contribution in [3.05, 3.63) is 47.0 Å². The Hall–Kier alpha value is -3.36. The predicted octanol–water partition coefficient (Wildman–Crippen LogP) is 0.368. The van der Waals surface area contributed by atoms with E-state index in [0.29, 0.717) is 28.2 Å². The summed E-state index contributed by atoms with van der Waals surface area (Å²) in [6.07, 6.45) is 4.33.